The summed E-state index contributed by atoms with van der Waals surface area (Å²) in [6.45, 7) is 3.69. The molecule has 9 heteroatoms. The van der Waals surface area contributed by atoms with Crippen molar-refractivity contribution in [3.8, 4) is 5.82 Å². The topological polar surface area (TPSA) is 71.0 Å². The van der Waals surface area contributed by atoms with Crippen LogP contribution in [-0.4, -0.2) is 61.2 Å². The molecule has 1 radical (unpaired) electrons. The van der Waals surface area contributed by atoms with Crippen LogP contribution in [0.3, 0.4) is 0 Å². The van der Waals surface area contributed by atoms with Gasteiger partial charge in [0.2, 0.25) is 5.91 Å². The highest BCUT2D eigenvalue weighted by Gasteiger charge is 2.40. The molecule has 37 heavy (non-hydrogen) atoms. The molecule has 4 aliphatic rings. The van der Waals surface area contributed by atoms with E-state index in [1.807, 2.05) is 16.8 Å². The van der Waals surface area contributed by atoms with Gasteiger partial charge in [-0.2, -0.15) is 0 Å². The van der Waals surface area contributed by atoms with E-state index in [4.69, 9.17) is 0 Å². The molecule has 8 nitrogen and oxygen atoms in total. The van der Waals surface area contributed by atoms with E-state index in [-0.39, 0.29) is 5.91 Å². The second-order valence-electron chi connectivity index (χ2n) is 10.4. The van der Waals surface area contributed by atoms with Crippen molar-refractivity contribution in [2.24, 2.45) is 0 Å². The van der Waals surface area contributed by atoms with Gasteiger partial charge in [-0.25, -0.2) is 4.68 Å². The summed E-state index contributed by atoms with van der Waals surface area (Å²) in [4.78, 5) is 13.8. The van der Waals surface area contributed by atoms with Gasteiger partial charge in [0.05, 0.1) is 25.0 Å². The number of amidine groups is 1. The number of rotatable bonds is 4. The van der Waals surface area contributed by atoms with Gasteiger partial charge < -0.3 is 9.79 Å². The molecule has 1 N–H and O–H groups in total. The van der Waals surface area contributed by atoms with Crippen LogP contribution in [-0.2, 0) is 4.79 Å². The summed E-state index contributed by atoms with van der Waals surface area (Å²) in [6, 6.07) is 12.4. The summed E-state index contributed by atoms with van der Waals surface area (Å²) in [5, 5.41) is 12.0. The maximum atomic E-state index is 11.5. The average Bonchev–Trinajstić information content (AvgIpc) is 3.71. The molecule has 7 rings (SSSR count). The zero-order valence-corrected chi connectivity index (χ0v) is 21.1. The van der Waals surface area contributed by atoms with E-state index in [1.54, 1.807) is 0 Å². The normalized spacial score (nSPS) is 19.0. The van der Waals surface area contributed by atoms with Gasteiger partial charge in [0.15, 0.2) is 0 Å². The number of amides is 1. The molecule has 3 aromatic rings. The molecule has 0 unspecified atom stereocenters. The first-order valence-electron chi connectivity index (χ1n) is 13.4. The number of carbonyl (C=O) groups is 1. The molecule has 1 amide bonds. The molecule has 2 aromatic heterocycles. The van der Waals surface area contributed by atoms with E-state index in [9.17, 15) is 4.79 Å². The summed E-state index contributed by atoms with van der Waals surface area (Å²) in [5.41, 5.74) is 6.43. The van der Waals surface area contributed by atoms with Gasteiger partial charge in [-0.05, 0) is 61.6 Å². The monoisotopic (exact) mass is 491 g/mol. The van der Waals surface area contributed by atoms with Crippen molar-refractivity contribution >= 4 is 30.6 Å². The number of nitrogens with zero attached hydrogens (tertiary/aromatic N) is 6. The average molecular weight is 491 g/mol. The van der Waals surface area contributed by atoms with Crippen LogP contribution in [0.15, 0.2) is 60.4 Å². The Morgan fingerprint density at radius 3 is 2.57 bits per heavy atom. The van der Waals surface area contributed by atoms with Crippen LogP contribution in [0.2, 0.25) is 0 Å². The molecule has 5 heterocycles. The predicted molar refractivity (Wildman–Crippen MR) is 144 cm³/mol. The first kappa shape index (κ1) is 22.3. The Kier molecular flexibility index (Phi) is 5.37. The molecule has 0 atom stereocenters. The number of benzene rings is 1. The Hall–Kier alpha value is -3.88. The minimum atomic E-state index is -0.0693. The first-order valence-corrected chi connectivity index (χ1v) is 13.4. The zero-order valence-electron chi connectivity index (χ0n) is 21.1. The van der Waals surface area contributed by atoms with Crippen molar-refractivity contribution in [1.29, 1.82) is 0 Å². The second-order valence-corrected chi connectivity index (χ2v) is 10.4. The van der Waals surface area contributed by atoms with E-state index < -0.39 is 0 Å². The molecular formula is C28H30BN7O+. The number of fused-ring (bicyclic) bond motifs is 2. The zero-order chi connectivity index (χ0) is 24.9. The van der Waals surface area contributed by atoms with Gasteiger partial charge in [0, 0.05) is 35.9 Å². The predicted octanol–water partition coefficient (Wildman–Crippen LogP) is 3.92. The minimum absolute atomic E-state index is 0.0693. The Bertz CT molecular complexity index is 1460. The maximum Gasteiger partial charge on any atom is 0.553 e. The number of hydrogen-bond acceptors (Lipinski definition) is 3. The number of hydrogen-bond donors (Lipinski definition) is 1. The van der Waals surface area contributed by atoms with E-state index >= 15 is 0 Å². The molecular weight excluding hydrogens is 461 g/mol. The van der Waals surface area contributed by atoms with Gasteiger partial charge >= 0.3 is 7.55 Å². The fourth-order valence-electron chi connectivity index (χ4n) is 6.18. The lowest BCUT2D eigenvalue weighted by atomic mass is 9.91. The van der Waals surface area contributed by atoms with Crippen LogP contribution in [0.25, 0.3) is 11.4 Å². The molecule has 1 aliphatic carbocycles. The molecule has 3 aliphatic heterocycles. The number of anilines is 1. The van der Waals surface area contributed by atoms with Crippen molar-refractivity contribution in [3.63, 3.8) is 0 Å². The molecule has 2 fully saturated rings. The highest BCUT2D eigenvalue weighted by molar-refractivity contribution is 6.40. The number of nitrogens with one attached hydrogen (secondary N) is 1. The van der Waals surface area contributed by atoms with Gasteiger partial charge in [0.25, 0.3) is 5.84 Å². The van der Waals surface area contributed by atoms with Crippen molar-refractivity contribution in [1.82, 2.24) is 24.3 Å². The van der Waals surface area contributed by atoms with Crippen LogP contribution in [0.4, 0.5) is 5.69 Å². The Morgan fingerprint density at radius 1 is 1.03 bits per heavy atom. The number of aromatic nitrogens is 4. The van der Waals surface area contributed by atoms with Crippen molar-refractivity contribution in [3.05, 3.63) is 77.4 Å². The van der Waals surface area contributed by atoms with E-state index in [1.165, 1.54) is 51.3 Å². The summed E-state index contributed by atoms with van der Waals surface area (Å²) in [7, 11) is 2.19. The second kappa shape index (κ2) is 8.90. The molecule has 0 bridgehead atoms. The highest BCUT2D eigenvalue weighted by atomic mass is 16.1. The minimum Gasteiger partial charge on any atom is -0.329 e. The lowest BCUT2D eigenvalue weighted by Gasteiger charge is -2.26. The Labute approximate surface area is 217 Å². The lowest BCUT2D eigenvalue weighted by molar-refractivity contribution is -0.508. The Balaban J connectivity index is 1.33. The van der Waals surface area contributed by atoms with E-state index in [0.29, 0.717) is 5.92 Å². The van der Waals surface area contributed by atoms with Gasteiger partial charge in [-0.15, -0.1) is 5.10 Å². The summed E-state index contributed by atoms with van der Waals surface area (Å²) >= 11 is 0. The van der Waals surface area contributed by atoms with Crippen LogP contribution < -0.4 is 5.32 Å². The third-order valence-corrected chi connectivity index (χ3v) is 7.98. The fourth-order valence-corrected chi connectivity index (χ4v) is 6.18. The van der Waals surface area contributed by atoms with Crippen molar-refractivity contribution < 1.29 is 9.37 Å². The van der Waals surface area contributed by atoms with Crippen molar-refractivity contribution in [2.75, 3.05) is 18.4 Å². The van der Waals surface area contributed by atoms with Gasteiger partial charge in [-0.3, -0.25) is 14.2 Å². The third kappa shape index (κ3) is 3.84. The highest BCUT2D eigenvalue weighted by Crippen LogP contribution is 2.38. The fraction of sp³-hybridized carbons (Fsp3) is 0.357. The maximum absolute atomic E-state index is 11.5. The smallest absolute Gasteiger partial charge is 0.329 e. The molecule has 1 saturated carbocycles. The quantitative estimate of drug-likeness (QED) is 0.444. The largest absolute Gasteiger partial charge is 0.553 e. The Morgan fingerprint density at radius 2 is 1.81 bits per heavy atom. The summed E-state index contributed by atoms with van der Waals surface area (Å²) in [5.74, 6) is 2.65. The first-order chi connectivity index (χ1) is 18.2. The standard InChI is InChI=1S/C28H29BN7O/c1-19(37)30-22-10-8-21(9-11-22)28-24-12-14-26(33-16-4-5-17-33)35(24)29-36-25(28)13-15-27(36)34-18-23(31-32-34)20-6-2-3-7-20/h8-15,18,20H,2-7,16-17H2,1H3/p+1. The number of carbonyl (C=O) groups excluding carboxylic acids is 1. The summed E-state index contributed by atoms with van der Waals surface area (Å²) < 4.78 is 6.63. The third-order valence-electron chi connectivity index (χ3n) is 7.98. The molecule has 1 aromatic carbocycles. The summed E-state index contributed by atoms with van der Waals surface area (Å²) in [6.07, 6.45) is 14.0. The van der Waals surface area contributed by atoms with E-state index in [0.717, 1.165) is 52.8 Å². The van der Waals surface area contributed by atoms with E-state index in [2.05, 4.69) is 79.7 Å². The van der Waals surface area contributed by atoms with Crippen LogP contribution >= 0.6 is 0 Å². The SMILES string of the molecule is CC(=O)Nc1ccc(C2=C3C=CC(=[N+]4CCCC4)N3[B]n3c2ccc3-n2cc(C3CCCC3)nn2)cc1. The molecule has 0 spiro atoms. The van der Waals surface area contributed by atoms with Crippen LogP contribution in [0.5, 0.6) is 0 Å². The van der Waals surface area contributed by atoms with Gasteiger partial charge in [0.1, 0.15) is 11.5 Å². The van der Waals surface area contributed by atoms with Crippen LogP contribution in [0, 0.1) is 0 Å². The van der Waals surface area contributed by atoms with Crippen LogP contribution in [0.1, 0.15) is 68.3 Å². The molecule has 185 valence electrons. The van der Waals surface area contributed by atoms with Crippen molar-refractivity contribution in [2.45, 2.75) is 51.4 Å². The number of allylic oxidation sites excluding steroid dienone is 1. The molecule has 1 saturated heterocycles. The van der Waals surface area contributed by atoms with Gasteiger partial charge in [-0.1, -0.05) is 30.2 Å². The lowest BCUT2D eigenvalue weighted by Crippen LogP contribution is -2.42.